The van der Waals surface area contributed by atoms with Crippen molar-refractivity contribution in [1.82, 2.24) is 20.2 Å². The first kappa shape index (κ1) is 18.9. The van der Waals surface area contributed by atoms with Crippen LogP contribution in [0, 0.1) is 12.2 Å². The van der Waals surface area contributed by atoms with Crippen LogP contribution in [-0.2, 0) is 0 Å². The van der Waals surface area contributed by atoms with Gasteiger partial charge in [0.1, 0.15) is 0 Å². The minimum absolute atomic E-state index is 0. The third-order valence-electron chi connectivity index (χ3n) is 1.31. The van der Waals surface area contributed by atoms with Crippen LogP contribution < -0.4 is 17.0 Å². The van der Waals surface area contributed by atoms with E-state index in [1.165, 1.54) is 10.6 Å². The molecule has 0 aliphatic rings. The smallest absolute Gasteiger partial charge is 1.00 e. The molecule has 0 radical (unpaired) electrons. The molecule has 0 unspecified atom stereocenters. The SMILES string of the molecule is C[C-](C)C.[Br-].[Mg+2].[c-]1nnnn1-c1ccccc1. The standard InChI is InChI=1S/C7H5N4.C4H9.BrH.Mg/c1-2-4-7(5-3-1)11-6-8-9-10-11;1-4(2)3;;/h1-5H;1-3H3;1H;/q2*-1;;+2/p-1. The summed E-state index contributed by atoms with van der Waals surface area (Å²) < 4.78 is 1.49. The Kier molecular flexibility index (Phi) is 11.9. The van der Waals surface area contributed by atoms with E-state index in [1.54, 1.807) is 0 Å². The molecule has 1 aromatic carbocycles. The molecule has 0 fully saturated rings. The summed E-state index contributed by atoms with van der Waals surface area (Å²) in [6.45, 7) is 6.25. The topological polar surface area (TPSA) is 43.6 Å². The zero-order chi connectivity index (χ0) is 11.1. The Morgan fingerprint density at radius 3 is 2.06 bits per heavy atom. The number of benzene rings is 1. The van der Waals surface area contributed by atoms with E-state index in [1.807, 2.05) is 30.3 Å². The first-order valence-corrected chi connectivity index (χ1v) is 4.68. The van der Waals surface area contributed by atoms with E-state index in [9.17, 15) is 0 Å². The van der Waals surface area contributed by atoms with Gasteiger partial charge in [0.15, 0.2) is 0 Å². The van der Waals surface area contributed by atoms with Crippen LogP contribution in [0.1, 0.15) is 20.8 Å². The molecule has 1 heterocycles. The van der Waals surface area contributed by atoms with E-state index in [4.69, 9.17) is 0 Å². The first-order chi connectivity index (χ1) is 7.20. The summed E-state index contributed by atoms with van der Waals surface area (Å²) in [4.78, 5) is 0. The Balaban J connectivity index is 0. The summed E-state index contributed by atoms with van der Waals surface area (Å²) in [7, 11) is 0. The van der Waals surface area contributed by atoms with Gasteiger partial charge < -0.3 is 27.6 Å². The minimum atomic E-state index is 0. The molecule has 1 aromatic heterocycles. The molecule has 0 saturated carbocycles. The molecule has 0 atom stereocenters. The molecule has 0 aliphatic heterocycles. The molecule has 2 aromatic rings. The van der Waals surface area contributed by atoms with Gasteiger partial charge in [0.25, 0.3) is 0 Å². The number of hydrogen-bond donors (Lipinski definition) is 0. The number of halogens is 1. The number of rotatable bonds is 1. The number of para-hydroxylation sites is 1. The first-order valence-electron chi connectivity index (χ1n) is 4.68. The molecule has 0 spiro atoms. The average molecular weight is 306 g/mol. The predicted octanol–water partition coefficient (Wildman–Crippen LogP) is -1.29. The van der Waals surface area contributed by atoms with E-state index in [0.29, 0.717) is 0 Å². The Labute approximate surface area is 129 Å². The van der Waals surface area contributed by atoms with Gasteiger partial charge >= 0.3 is 23.1 Å². The molecule has 17 heavy (non-hydrogen) atoms. The van der Waals surface area contributed by atoms with Crippen LogP contribution in [0.15, 0.2) is 30.3 Å². The molecule has 0 bridgehead atoms. The fourth-order valence-corrected chi connectivity index (χ4v) is 0.821. The summed E-state index contributed by atoms with van der Waals surface area (Å²) in [5, 5.41) is 10.6. The Morgan fingerprint density at radius 2 is 1.65 bits per heavy atom. The van der Waals surface area contributed by atoms with Crippen molar-refractivity contribution in [2.24, 2.45) is 0 Å². The van der Waals surface area contributed by atoms with Crippen LogP contribution in [0.5, 0.6) is 0 Å². The fourth-order valence-electron chi connectivity index (χ4n) is 0.821. The maximum absolute atomic E-state index is 3.69. The van der Waals surface area contributed by atoms with E-state index in [-0.39, 0.29) is 40.0 Å². The van der Waals surface area contributed by atoms with Crippen LogP contribution >= 0.6 is 0 Å². The molecule has 0 N–H and O–H groups in total. The maximum atomic E-state index is 3.69. The third kappa shape index (κ3) is 8.29. The van der Waals surface area contributed by atoms with Crippen LogP contribution in [0.3, 0.4) is 0 Å². The fraction of sp³-hybridized carbons (Fsp3) is 0.273. The second kappa shape index (κ2) is 10.7. The molecular formula is C11H14BrMgN4-. The monoisotopic (exact) mass is 305 g/mol. The van der Waals surface area contributed by atoms with Gasteiger partial charge in [-0.1, -0.05) is 29.1 Å². The minimum Gasteiger partial charge on any atom is -1.00 e. The second-order valence-corrected chi connectivity index (χ2v) is 3.53. The number of nitrogens with zero attached hydrogens (tertiary/aromatic N) is 4. The molecule has 0 saturated heterocycles. The van der Waals surface area contributed by atoms with Crippen LogP contribution in [0.4, 0.5) is 0 Å². The summed E-state index contributed by atoms with van der Waals surface area (Å²) in [6, 6.07) is 9.60. The second-order valence-electron chi connectivity index (χ2n) is 3.53. The molecule has 0 aliphatic carbocycles. The molecule has 4 nitrogen and oxygen atoms in total. The molecule has 6 heteroatoms. The van der Waals surface area contributed by atoms with Crippen LogP contribution in [0.25, 0.3) is 5.69 Å². The van der Waals surface area contributed by atoms with Gasteiger partial charge in [0, 0.05) is 0 Å². The summed E-state index contributed by atoms with van der Waals surface area (Å²) in [5.74, 6) is 1.42. The van der Waals surface area contributed by atoms with E-state index < -0.39 is 0 Å². The summed E-state index contributed by atoms with van der Waals surface area (Å²) in [5.41, 5.74) is 0.914. The van der Waals surface area contributed by atoms with Crippen molar-refractivity contribution in [3.05, 3.63) is 42.6 Å². The molecule has 2 rings (SSSR count). The van der Waals surface area contributed by atoms with Crippen molar-refractivity contribution >= 4 is 23.1 Å². The molecule has 88 valence electrons. The van der Waals surface area contributed by atoms with Crippen molar-refractivity contribution in [2.45, 2.75) is 20.8 Å². The number of tetrazole rings is 1. The number of aromatic nitrogens is 4. The van der Waals surface area contributed by atoms with Crippen molar-refractivity contribution in [3.63, 3.8) is 0 Å². The third-order valence-corrected chi connectivity index (χ3v) is 1.31. The number of hydrogen-bond acceptors (Lipinski definition) is 3. The van der Waals surface area contributed by atoms with Gasteiger partial charge in [-0.25, -0.2) is 5.10 Å². The van der Waals surface area contributed by atoms with Gasteiger partial charge in [0.05, 0.1) is 0 Å². The predicted molar refractivity (Wildman–Crippen MR) is 64.0 cm³/mol. The van der Waals surface area contributed by atoms with Gasteiger partial charge in [-0.05, 0) is 11.5 Å². The van der Waals surface area contributed by atoms with Crippen molar-refractivity contribution in [3.8, 4) is 5.69 Å². The van der Waals surface area contributed by atoms with Crippen LogP contribution in [-0.4, -0.2) is 43.3 Å². The quantitative estimate of drug-likeness (QED) is 0.486. The van der Waals surface area contributed by atoms with Gasteiger partial charge in [-0.3, -0.25) is 0 Å². The Morgan fingerprint density at radius 1 is 1.12 bits per heavy atom. The maximum Gasteiger partial charge on any atom is 2.00 e. The Hall–Kier alpha value is -0.464. The van der Waals surface area contributed by atoms with Crippen molar-refractivity contribution < 1.29 is 17.0 Å². The molecular weight excluding hydrogens is 292 g/mol. The van der Waals surface area contributed by atoms with Gasteiger partial charge in [-0.15, -0.1) is 12.1 Å². The van der Waals surface area contributed by atoms with Crippen molar-refractivity contribution in [1.29, 1.82) is 0 Å². The van der Waals surface area contributed by atoms with Crippen molar-refractivity contribution in [2.75, 3.05) is 0 Å². The summed E-state index contributed by atoms with van der Waals surface area (Å²) in [6.07, 6.45) is 2.60. The Bertz CT molecular complexity index is 361. The van der Waals surface area contributed by atoms with E-state index >= 15 is 0 Å². The van der Waals surface area contributed by atoms with E-state index in [2.05, 4.69) is 42.6 Å². The average Bonchev–Trinajstić information content (AvgIpc) is 2.71. The molecule has 0 amide bonds. The van der Waals surface area contributed by atoms with Gasteiger partial charge in [0.2, 0.25) is 0 Å². The summed E-state index contributed by atoms with van der Waals surface area (Å²) >= 11 is 0. The van der Waals surface area contributed by atoms with Crippen LogP contribution in [0.2, 0.25) is 0 Å². The van der Waals surface area contributed by atoms with Gasteiger partial charge in [-0.2, -0.15) is 20.8 Å². The van der Waals surface area contributed by atoms with E-state index in [0.717, 1.165) is 5.69 Å². The largest absolute Gasteiger partial charge is 2.00 e. The zero-order valence-corrected chi connectivity index (χ0v) is 13.3. The normalized spacial score (nSPS) is 8.47. The zero-order valence-electron chi connectivity index (χ0n) is 10.3.